The van der Waals surface area contributed by atoms with Crippen molar-refractivity contribution in [1.82, 2.24) is 0 Å². The largest absolute Gasteiger partial charge is 0.294 e. The first-order valence-corrected chi connectivity index (χ1v) is 5.72. The second-order valence-corrected chi connectivity index (χ2v) is 4.18. The van der Waals surface area contributed by atoms with E-state index in [1.165, 1.54) is 17.6 Å². The molecule has 0 aromatic rings. The average molecular weight is 190 g/mol. The Bertz CT molecular complexity index is 333. The summed E-state index contributed by atoms with van der Waals surface area (Å²) >= 11 is 0. The fraction of sp³-hybridized carbons (Fsp3) is 0.615. The van der Waals surface area contributed by atoms with Gasteiger partial charge in [-0.15, -0.1) is 0 Å². The standard InChI is InChI=1S/C11H12O.C2H6/c1-6-9-5-8(9)4-7-2-3-10(12)11(6)7;1-2/h4,8-9H,2-3,5H2,1H3;1-2H3. The van der Waals surface area contributed by atoms with Crippen LogP contribution in [0.2, 0.25) is 0 Å². The Morgan fingerprint density at radius 2 is 2.00 bits per heavy atom. The lowest BCUT2D eigenvalue weighted by Gasteiger charge is -2.10. The zero-order valence-corrected chi connectivity index (χ0v) is 9.26. The van der Waals surface area contributed by atoms with Crippen LogP contribution in [0, 0.1) is 11.8 Å². The third-order valence-electron chi connectivity index (χ3n) is 3.43. The minimum Gasteiger partial charge on any atom is -0.294 e. The maximum atomic E-state index is 11.5. The average Bonchev–Trinajstić information content (AvgIpc) is 2.89. The van der Waals surface area contributed by atoms with Crippen molar-refractivity contribution >= 4 is 5.78 Å². The molecule has 1 nitrogen and oxygen atoms in total. The molecule has 0 aromatic heterocycles. The maximum absolute atomic E-state index is 11.5. The molecule has 0 N–H and O–H groups in total. The van der Waals surface area contributed by atoms with Crippen LogP contribution >= 0.6 is 0 Å². The summed E-state index contributed by atoms with van der Waals surface area (Å²) in [5, 5.41) is 0. The Morgan fingerprint density at radius 1 is 1.29 bits per heavy atom. The molecule has 2 atom stereocenters. The molecule has 2 unspecified atom stereocenters. The SMILES string of the molecule is CC.CC1=C2C(=O)CCC2=CC2CC12. The minimum atomic E-state index is 0.393. The molecule has 14 heavy (non-hydrogen) atoms. The van der Waals surface area contributed by atoms with E-state index in [1.807, 2.05) is 13.8 Å². The van der Waals surface area contributed by atoms with Crippen molar-refractivity contribution in [1.29, 1.82) is 0 Å². The van der Waals surface area contributed by atoms with Crippen molar-refractivity contribution in [2.45, 2.75) is 40.0 Å². The van der Waals surface area contributed by atoms with Crippen LogP contribution in [0.5, 0.6) is 0 Å². The molecule has 0 bridgehead atoms. The molecule has 0 amide bonds. The van der Waals surface area contributed by atoms with Crippen LogP contribution in [-0.2, 0) is 4.79 Å². The summed E-state index contributed by atoms with van der Waals surface area (Å²) in [6.07, 6.45) is 5.41. The zero-order chi connectivity index (χ0) is 10.3. The molecule has 0 aliphatic heterocycles. The maximum Gasteiger partial charge on any atom is 0.163 e. The van der Waals surface area contributed by atoms with E-state index in [0.717, 1.165) is 30.3 Å². The number of fused-ring (bicyclic) bond motifs is 2. The first kappa shape index (κ1) is 9.70. The fourth-order valence-electron chi connectivity index (χ4n) is 2.66. The van der Waals surface area contributed by atoms with Crippen molar-refractivity contribution in [3.63, 3.8) is 0 Å². The van der Waals surface area contributed by atoms with Gasteiger partial charge in [0.1, 0.15) is 0 Å². The number of hydrogen-bond donors (Lipinski definition) is 0. The van der Waals surface area contributed by atoms with Gasteiger partial charge in [0.2, 0.25) is 0 Å². The summed E-state index contributed by atoms with van der Waals surface area (Å²) < 4.78 is 0. The van der Waals surface area contributed by atoms with Crippen molar-refractivity contribution in [3.05, 3.63) is 22.8 Å². The Kier molecular flexibility index (Phi) is 2.34. The van der Waals surface area contributed by atoms with Crippen LogP contribution in [0.1, 0.15) is 40.0 Å². The Balaban J connectivity index is 0.000000354. The highest BCUT2D eigenvalue weighted by molar-refractivity contribution is 6.04. The number of hydrogen-bond acceptors (Lipinski definition) is 1. The monoisotopic (exact) mass is 190 g/mol. The van der Waals surface area contributed by atoms with E-state index in [0.29, 0.717) is 5.78 Å². The molecular weight excluding hydrogens is 172 g/mol. The lowest BCUT2D eigenvalue weighted by Crippen LogP contribution is -2.02. The van der Waals surface area contributed by atoms with E-state index in [2.05, 4.69) is 13.0 Å². The van der Waals surface area contributed by atoms with Gasteiger partial charge in [-0.3, -0.25) is 4.79 Å². The summed E-state index contributed by atoms with van der Waals surface area (Å²) in [4.78, 5) is 11.5. The van der Waals surface area contributed by atoms with Crippen LogP contribution in [0.25, 0.3) is 0 Å². The van der Waals surface area contributed by atoms with Crippen LogP contribution < -0.4 is 0 Å². The normalized spacial score (nSPS) is 32.8. The van der Waals surface area contributed by atoms with E-state index in [-0.39, 0.29) is 0 Å². The van der Waals surface area contributed by atoms with E-state index in [1.54, 1.807) is 0 Å². The summed E-state index contributed by atoms with van der Waals surface area (Å²) in [5.41, 5.74) is 3.85. The highest BCUT2D eigenvalue weighted by Gasteiger charge is 2.43. The molecule has 2 saturated carbocycles. The predicted octanol–water partition coefficient (Wildman–Crippen LogP) is 3.27. The van der Waals surface area contributed by atoms with E-state index in [9.17, 15) is 4.79 Å². The van der Waals surface area contributed by atoms with Gasteiger partial charge in [0, 0.05) is 12.0 Å². The van der Waals surface area contributed by atoms with E-state index >= 15 is 0 Å². The van der Waals surface area contributed by atoms with Gasteiger partial charge in [0.25, 0.3) is 0 Å². The number of rotatable bonds is 0. The summed E-state index contributed by atoms with van der Waals surface area (Å²) in [6.45, 7) is 6.15. The topological polar surface area (TPSA) is 17.1 Å². The molecule has 2 fully saturated rings. The molecule has 0 saturated heterocycles. The molecule has 0 spiro atoms. The highest BCUT2D eigenvalue weighted by atomic mass is 16.1. The molecule has 3 aliphatic carbocycles. The molecule has 3 rings (SSSR count). The van der Waals surface area contributed by atoms with E-state index < -0.39 is 0 Å². The van der Waals surface area contributed by atoms with Crippen molar-refractivity contribution in [3.8, 4) is 0 Å². The number of Topliss-reactive ketones (excluding diaryl/α,β-unsaturated/α-hetero) is 1. The zero-order valence-electron chi connectivity index (χ0n) is 9.26. The van der Waals surface area contributed by atoms with Gasteiger partial charge in [0.05, 0.1) is 0 Å². The first-order valence-electron chi connectivity index (χ1n) is 5.72. The van der Waals surface area contributed by atoms with Gasteiger partial charge >= 0.3 is 0 Å². The van der Waals surface area contributed by atoms with Crippen molar-refractivity contribution in [2.75, 3.05) is 0 Å². The second kappa shape index (κ2) is 3.38. The lowest BCUT2D eigenvalue weighted by molar-refractivity contribution is -0.114. The van der Waals surface area contributed by atoms with Gasteiger partial charge in [-0.1, -0.05) is 25.5 Å². The third kappa shape index (κ3) is 1.26. The van der Waals surface area contributed by atoms with E-state index in [4.69, 9.17) is 0 Å². The molecule has 0 radical (unpaired) electrons. The number of carbonyl (C=O) groups excluding carboxylic acids is 1. The molecule has 76 valence electrons. The summed E-state index contributed by atoms with van der Waals surface area (Å²) in [6, 6.07) is 0. The van der Waals surface area contributed by atoms with Gasteiger partial charge in [-0.2, -0.15) is 0 Å². The molecule has 1 heteroatoms. The molecule has 3 aliphatic rings. The van der Waals surface area contributed by atoms with Crippen LogP contribution in [-0.4, -0.2) is 5.78 Å². The fourth-order valence-corrected chi connectivity index (χ4v) is 2.66. The lowest BCUT2D eigenvalue weighted by atomic mass is 9.94. The first-order chi connectivity index (χ1) is 6.77. The Morgan fingerprint density at radius 3 is 2.71 bits per heavy atom. The predicted molar refractivity (Wildman–Crippen MR) is 58.0 cm³/mol. The third-order valence-corrected chi connectivity index (χ3v) is 3.43. The molecular formula is C13H18O. The number of ketones is 1. The Labute approximate surface area is 85.9 Å². The summed E-state index contributed by atoms with van der Waals surface area (Å²) in [5.74, 6) is 1.93. The number of carbonyl (C=O) groups is 1. The van der Waals surface area contributed by atoms with Gasteiger partial charge < -0.3 is 0 Å². The Hall–Kier alpha value is -0.850. The smallest absolute Gasteiger partial charge is 0.163 e. The molecule has 0 aromatic carbocycles. The van der Waals surface area contributed by atoms with Gasteiger partial charge in [-0.25, -0.2) is 0 Å². The van der Waals surface area contributed by atoms with Gasteiger partial charge in [0.15, 0.2) is 5.78 Å². The molecule has 0 heterocycles. The second-order valence-electron chi connectivity index (χ2n) is 4.18. The number of allylic oxidation sites excluding steroid dienone is 4. The quantitative estimate of drug-likeness (QED) is 0.573. The van der Waals surface area contributed by atoms with Crippen molar-refractivity contribution in [2.24, 2.45) is 11.8 Å². The summed E-state index contributed by atoms with van der Waals surface area (Å²) in [7, 11) is 0. The van der Waals surface area contributed by atoms with Gasteiger partial charge in [-0.05, 0) is 37.2 Å². The van der Waals surface area contributed by atoms with Crippen LogP contribution in [0.3, 0.4) is 0 Å². The minimum absolute atomic E-state index is 0.393. The van der Waals surface area contributed by atoms with Crippen LogP contribution in [0.15, 0.2) is 22.8 Å². The van der Waals surface area contributed by atoms with Crippen molar-refractivity contribution < 1.29 is 4.79 Å². The highest BCUT2D eigenvalue weighted by Crippen LogP contribution is 2.53. The van der Waals surface area contributed by atoms with Crippen LogP contribution in [0.4, 0.5) is 0 Å².